The van der Waals surface area contributed by atoms with Crippen molar-refractivity contribution in [3.05, 3.63) is 59.0 Å². The number of amides is 3. The van der Waals surface area contributed by atoms with Gasteiger partial charge in [-0.15, -0.1) is 0 Å². The highest BCUT2D eigenvalue weighted by molar-refractivity contribution is 8.26. The lowest BCUT2D eigenvalue weighted by molar-refractivity contribution is -0.134. The fraction of sp³-hybridized carbons (Fsp3) is 0.208. The Bertz CT molecular complexity index is 1470. The summed E-state index contributed by atoms with van der Waals surface area (Å²) in [6.07, 6.45) is 0. The van der Waals surface area contributed by atoms with E-state index in [2.05, 4.69) is 5.32 Å². The summed E-state index contributed by atoms with van der Waals surface area (Å²) in [5, 5.41) is 10.1. The largest absolute Gasteiger partial charge is 0.497 e. The Kier molecular flexibility index (Phi) is 9.45. The molecule has 3 amide bonds. The molecule has 39 heavy (non-hydrogen) atoms. The predicted octanol–water partition coefficient (Wildman–Crippen LogP) is 2.23. The quantitative estimate of drug-likeness (QED) is 0.244. The number of methoxy groups -OCH3 is 1. The second-order valence-electron chi connectivity index (χ2n) is 8.02. The molecule has 2 aliphatic rings. The van der Waals surface area contributed by atoms with E-state index in [0.717, 1.165) is 23.6 Å². The summed E-state index contributed by atoms with van der Waals surface area (Å²) < 4.78 is 36.4. The Morgan fingerprint density at radius 2 is 1.67 bits per heavy atom. The van der Waals surface area contributed by atoms with E-state index in [1.165, 1.54) is 12.0 Å². The van der Waals surface area contributed by atoms with Crippen LogP contribution in [0.1, 0.15) is 12.5 Å². The molecule has 206 valence electrons. The lowest BCUT2D eigenvalue weighted by Gasteiger charge is -2.17. The fourth-order valence-corrected chi connectivity index (χ4v) is 5.42. The summed E-state index contributed by atoms with van der Waals surface area (Å²) in [6.45, 7) is 0.443. The topological polar surface area (TPSA) is 171 Å². The van der Waals surface area contributed by atoms with E-state index in [1.54, 1.807) is 48.5 Å². The molecule has 0 saturated carbocycles. The molecule has 0 radical (unpaired) electrons. The number of nitrogens with one attached hydrogen (secondary N) is 1. The normalized spacial score (nSPS) is 16.5. The van der Waals surface area contributed by atoms with E-state index in [9.17, 15) is 22.8 Å². The summed E-state index contributed by atoms with van der Waals surface area (Å²) in [5.74, 6) is -2.52. The van der Waals surface area contributed by atoms with Crippen LogP contribution in [0.2, 0.25) is 0 Å². The van der Waals surface area contributed by atoms with Crippen molar-refractivity contribution in [1.29, 1.82) is 0 Å². The highest BCUT2D eigenvalue weighted by Gasteiger charge is 2.42. The minimum Gasteiger partial charge on any atom is -0.497 e. The van der Waals surface area contributed by atoms with Crippen LogP contribution in [-0.4, -0.2) is 76.9 Å². The van der Waals surface area contributed by atoms with Crippen molar-refractivity contribution in [2.75, 3.05) is 36.2 Å². The van der Waals surface area contributed by atoms with E-state index in [0.29, 0.717) is 22.7 Å². The number of thioether (sulfide) groups is 1. The predicted molar refractivity (Wildman–Crippen MR) is 149 cm³/mol. The van der Waals surface area contributed by atoms with Crippen molar-refractivity contribution < 1.29 is 42.0 Å². The van der Waals surface area contributed by atoms with Crippen LogP contribution in [0.5, 0.6) is 5.75 Å². The van der Waals surface area contributed by atoms with Gasteiger partial charge in [0.05, 0.1) is 29.0 Å². The Morgan fingerprint density at radius 3 is 2.26 bits per heavy atom. The average molecular weight is 594 g/mol. The Labute approximate surface area is 233 Å². The molecule has 0 aromatic heterocycles. The van der Waals surface area contributed by atoms with Gasteiger partial charge >= 0.3 is 0 Å². The number of hydrogen-bond donors (Lipinski definition) is 3. The van der Waals surface area contributed by atoms with Gasteiger partial charge in [-0.2, -0.15) is 8.42 Å². The monoisotopic (exact) mass is 593 g/mol. The number of carboxylic acids is 1. The van der Waals surface area contributed by atoms with Gasteiger partial charge in [0, 0.05) is 24.7 Å². The summed E-state index contributed by atoms with van der Waals surface area (Å²) in [7, 11) is -2.78. The smallest absolute Gasteiger partial charge is 0.300 e. The molecule has 0 atom stereocenters. The van der Waals surface area contributed by atoms with Crippen LogP contribution in [0.4, 0.5) is 11.4 Å². The van der Waals surface area contributed by atoms with E-state index < -0.39 is 39.6 Å². The zero-order chi connectivity index (χ0) is 28.9. The summed E-state index contributed by atoms with van der Waals surface area (Å²) in [4.78, 5) is 50.5. The number of hydrogen-bond acceptors (Lipinski definition) is 9. The van der Waals surface area contributed by atoms with Gasteiger partial charge in [0.1, 0.15) is 16.6 Å². The molecule has 0 bridgehead atoms. The van der Waals surface area contributed by atoms with E-state index in [-0.39, 0.29) is 27.9 Å². The van der Waals surface area contributed by atoms with Crippen LogP contribution in [-0.2, 0) is 29.3 Å². The van der Waals surface area contributed by atoms with E-state index in [1.807, 2.05) is 0 Å². The first-order valence-electron chi connectivity index (χ1n) is 11.1. The number of carboxylic acid groups (broad SMARTS) is 1. The minimum atomic E-state index is -4.31. The van der Waals surface area contributed by atoms with Gasteiger partial charge in [-0.3, -0.25) is 33.5 Å². The second kappa shape index (κ2) is 12.4. The number of rotatable bonds is 7. The summed E-state index contributed by atoms with van der Waals surface area (Å²) in [6, 6.07) is 13.4. The van der Waals surface area contributed by atoms with Crippen molar-refractivity contribution in [1.82, 2.24) is 4.90 Å². The molecule has 0 unspecified atom stereocenters. The number of benzene rings is 2. The third-order valence-electron chi connectivity index (χ3n) is 5.25. The molecule has 4 rings (SSSR count). The molecule has 12 nitrogen and oxygen atoms in total. The Morgan fingerprint density at radius 1 is 1.05 bits per heavy atom. The van der Waals surface area contributed by atoms with Gasteiger partial charge in [0.2, 0.25) is 5.91 Å². The number of anilines is 2. The number of fused-ring (bicyclic) bond motifs is 1. The first kappa shape index (κ1) is 29.8. The minimum absolute atomic E-state index is 0.0425. The Hall–Kier alpha value is -3.79. The molecule has 2 aromatic rings. The van der Waals surface area contributed by atoms with Gasteiger partial charge in [-0.1, -0.05) is 42.2 Å². The van der Waals surface area contributed by atoms with Crippen LogP contribution in [0.3, 0.4) is 0 Å². The maximum absolute atomic E-state index is 13.4. The zero-order valence-electron chi connectivity index (χ0n) is 20.6. The molecule has 1 saturated heterocycles. The van der Waals surface area contributed by atoms with E-state index in [4.69, 9.17) is 31.4 Å². The number of carbonyl (C=O) groups is 4. The van der Waals surface area contributed by atoms with Crippen molar-refractivity contribution in [2.24, 2.45) is 0 Å². The lowest BCUT2D eigenvalue weighted by atomic mass is 10.1. The second-order valence-corrected chi connectivity index (χ2v) is 11.2. The summed E-state index contributed by atoms with van der Waals surface area (Å²) in [5.41, 5.74) is 1.53. The van der Waals surface area contributed by atoms with Crippen LogP contribution in [0.15, 0.2) is 53.4 Å². The first-order chi connectivity index (χ1) is 18.3. The molecule has 15 heteroatoms. The number of nitrogens with zero attached hydrogens (tertiary/aromatic N) is 2. The van der Waals surface area contributed by atoms with Crippen molar-refractivity contribution >= 4 is 79.1 Å². The van der Waals surface area contributed by atoms with Crippen molar-refractivity contribution in [3.63, 3.8) is 0 Å². The van der Waals surface area contributed by atoms with Crippen LogP contribution in [0, 0.1) is 0 Å². The molecule has 1 fully saturated rings. The Balaban J connectivity index is 0.000000983. The zero-order valence-corrected chi connectivity index (χ0v) is 23.1. The van der Waals surface area contributed by atoms with Crippen LogP contribution < -0.4 is 15.0 Å². The molecular weight excluding hydrogens is 570 g/mol. The fourth-order valence-electron chi connectivity index (χ4n) is 3.62. The average Bonchev–Trinajstić information content (AvgIpc) is 3.29. The highest BCUT2D eigenvalue weighted by atomic mass is 32.2. The molecule has 2 aliphatic heterocycles. The third kappa shape index (κ3) is 7.41. The van der Waals surface area contributed by atoms with Crippen molar-refractivity contribution in [2.45, 2.75) is 6.92 Å². The highest BCUT2D eigenvalue weighted by Crippen LogP contribution is 2.44. The SMILES string of the molecule is CC(=O)O.COc1ccc(NC(=O)CN2C(=O)/C(=C3\SC(=S)N(CCS(=O)(=O)O)C3=O)c3ccccc32)cc1. The van der Waals surface area contributed by atoms with Gasteiger partial charge in [-0.05, 0) is 30.3 Å². The maximum atomic E-state index is 13.4. The van der Waals surface area contributed by atoms with E-state index >= 15 is 0 Å². The molecule has 3 N–H and O–H groups in total. The first-order valence-corrected chi connectivity index (χ1v) is 13.9. The van der Waals surface area contributed by atoms with Gasteiger partial charge in [0.15, 0.2) is 0 Å². The number of ether oxygens (including phenoxy) is 1. The van der Waals surface area contributed by atoms with Crippen LogP contribution in [0.25, 0.3) is 5.57 Å². The standard InChI is InChI=1S/C22H19N3O7S3.C2H4O2/c1-32-14-8-6-13(7-9-14)23-17(26)12-25-16-5-3-2-4-15(16)18(20(25)27)19-21(28)24(22(33)34-19)10-11-35(29,30)31;1-2(3)4/h2-9H,10-12H2,1H3,(H,23,26)(H,29,30,31);1H3,(H,3,4)/b19-18-;. The molecule has 2 aromatic carbocycles. The van der Waals surface area contributed by atoms with Crippen LogP contribution >= 0.6 is 24.0 Å². The molecular formula is C24H23N3O9S3. The van der Waals surface area contributed by atoms with Crippen molar-refractivity contribution in [3.8, 4) is 5.75 Å². The molecule has 0 aliphatic carbocycles. The van der Waals surface area contributed by atoms with Gasteiger partial charge in [0.25, 0.3) is 27.9 Å². The summed E-state index contributed by atoms with van der Waals surface area (Å²) >= 11 is 6.08. The van der Waals surface area contributed by atoms with Gasteiger partial charge in [-0.25, -0.2) is 0 Å². The third-order valence-corrected chi connectivity index (χ3v) is 7.39. The number of carbonyl (C=O) groups excluding carboxylic acids is 3. The molecule has 0 spiro atoms. The number of para-hydroxylation sites is 1. The maximum Gasteiger partial charge on any atom is 0.300 e. The number of aliphatic carboxylic acids is 1. The molecule has 2 heterocycles. The van der Waals surface area contributed by atoms with Gasteiger partial charge < -0.3 is 15.2 Å². The lowest BCUT2D eigenvalue weighted by Crippen LogP contribution is -2.36. The number of thiocarbonyl (C=S) groups is 1.